The lowest BCUT2D eigenvalue weighted by molar-refractivity contribution is 0.0734. The number of carbonyl (C=O) groups excluding carboxylic acids is 1. The van der Waals surface area contributed by atoms with Crippen LogP contribution in [0.4, 0.5) is 0 Å². The zero-order valence-electron chi connectivity index (χ0n) is 20.9. The molecule has 190 valence electrons. The average Bonchev–Trinajstić information content (AvgIpc) is 2.89. The number of allylic oxidation sites excluding steroid dienone is 1. The Morgan fingerprint density at radius 3 is 2.24 bits per heavy atom. The van der Waals surface area contributed by atoms with Crippen molar-refractivity contribution in [2.24, 2.45) is 5.73 Å². The number of fused-ring (bicyclic) bond motifs is 1. The van der Waals surface area contributed by atoms with Crippen LogP contribution in [0, 0.1) is 11.3 Å². The molecule has 2 N–H and O–H groups in total. The molecule has 8 nitrogen and oxygen atoms in total. The first-order valence-electron chi connectivity index (χ1n) is 12.0. The van der Waals surface area contributed by atoms with Gasteiger partial charge in [0.15, 0.2) is 11.5 Å². The van der Waals surface area contributed by atoms with Crippen LogP contribution < -0.4 is 29.4 Å². The summed E-state index contributed by atoms with van der Waals surface area (Å²) < 4.78 is 28.2. The summed E-state index contributed by atoms with van der Waals surface area (Å²) in [6.07, 6.45) is 0. The molecule has 8 heteroatoms. The summed E-state index contributed by atoms with van der Waals surface area (Å²) in [6, 6.07) is 19.4. The second kappa shape index (κ2) is 11.4. The lowest BCUT2D eigenvalue weighted by atomic mass is 9.83. The first kappa shape index (κ1) is 25.5. The van der Waals surface area contributed by atoms with E-state index in [1.54, 1.807) is 42.5 Å². The van der Waals surface area contributed by atoms with E-state index >= 15 is 0 Å². The van der Waals surface area contributed by atoms with E-state index in [4.69, 9.17) is 29.4 Å². The Kier molecular flexibility index (Phi) is 7.84. The largest absolute Gasteiger partial charge is 0.494 e. The van der Waals surface area contributed by atoms with Crippen LogP contribution in [0.15, 0.2) is 72.1 Å². The van der Waals surface area contributed by atoms with Crippen molar-refractivity contribution in [3.8, 4) is 34.8 Å². The molecule has 3 aromatic carbocycles. The zero-order chi connectivity index (χ0) is 26.4. The molecule has 1 aliphatic rings. The summed E-state index contributed by atoms with van der Waals surface area (Å²) in [6.45, 7) is 7.17. The number of carbonyl (C=O) groups is 1. The maximum absolute atomic E-state index is 12.7. The quantitative estimate of drug-likeness (QED) is 0.310. The second-order valence-corrected chi connectivity index (χ2v) is 8.04. The highest BCUT2D eigenvalue weighted by molar-refractivity contribution is 5.91. The lowest BCUT2D eigenvalue weighted by Gasteiger charge is -2.27. The Labute approximate surface area is 215 Å². The summed E-state index contributed by atoms with van der Waals surface area (Å²) in [4.78, 5) is 12.7. The molecule has 3 aromatic rings. The molecule has 1 atom stereocenters. The van der Waals surface area contributed by atoms with E-state index < -0.39 is 11.9 Å². The lowest BCUT2D eigenvalue weighted by Crippen LogP contribution is -2.21. The SMILES string of the molecule is CCOc1ccc(C(=O)Oc2ccc3c(c2)OC(N)=C(C#N)C3c2ccc(OCC)c(OCC)c2)cc1. The van der Waals surface area contributed by atoms with E-state index in [9.17, 15) is 10.1 Å². The Balaban J connectivity index is 1.65. The number of ether oxygens (including phenoxy) is 5. The Bertz CT molecular complexity index is 1360. The number of benzene rings is 3. The van der Waals surface area contributed by atoms with Crippen molar-refractivity contribution in [1.29, 1.82) is 5.26 Å². The van der Waals surface area contributed by atoms with Gasteiger partial charge in [-0.2, -0.15) is 5.26 Å². The minimum absolute atomic E-state index is 0.0122. The molecule has 0 aromatic heterocycles. The Hall–Kier alpha value is -4.64. The fraction of sp³-hybridized carbons (Fsp3) is 0.241. The summed E-state index contributed by atoms with van der Waals surface area (Å²) in [7, 11) is 0. The summed E-state index contributed by atoms with van der Waals surface area (Å²) in [5, 5.41) is 9.88. The third-order valence-corrected chi connectivity index (χ3v) is 5.70. The van der Waals surface area contributed by atoms with Gasteiger partial charge in [-0.25, -0.2) is 4.79 Å². The van der Waals surface area contributed by atoms with Gasteiger partial charge < -0.3 is 29.4 Å². The van der Waals surface area contributed by atoms with Crippen molar-refractivity contribution in [2.45, 2.75) is 26.7 Å². The van der Waals surface area contributed by atoms with Crippen LogP contribution in [0.5, 0.6) is 28.7 Å². The molecule has 0 aliphatic carbocycles. The number of hydrogen-bond acceptors (Lipinski definition) is 8. The molecular weight excluding hydrogens is 472 g/mol. The maximum atomic E-state index is 12.7. The van der Waals surface area contributed by atoms with E-state index in [-0.39, 0.29) is 17.2 Å². The number of esters is 1. The highest BCUT2D eigenvalue weighted by Gasteiger charge is 2.32. The van der Waals surface area contributed by atoms with Gasteiger partial charge >= 0.3 is 5.97 Å². The fourth-order valence-electron chi connectivity index (χ4n) is 4.11. The van der Waals surface area contributed by atoms with Crippen molar-refractivity contribution < 1.29 is 28.5 Å². The minimum Gasteiger partial charge on any atom is -0.494 e. The predicted molar refractivity (Wildman–Crippen MR) is 137 cm³/mol. The van der Waals surface area contributed by atoms with E-state index in [1.165, 1.54) is 0 Å². The molecule has 4 rings (SSSR count). The molecule has 1 aliphatic heterocycles. The third kappa shape index (κ3) is 5.46. The summed E-state index contributed by atoms with van der Waals surface area (Å²) in [5.74, 6) is 1.51. The highest BCUT2D eigenvalue weighted by atomic mass is 16.5. The van der Waals surface area contributed by atoms with E-state index in [1.807, 2.05) is 39.0 Å². The molecule has 0 radical (unpaired) electrons. The fourth-order valence-corrected chi connectivity index (χ4v) is 4.11. The number of rotatable bonds is 9. The van der Waals surface area contributed by atoms with Crippen LogP contribution >= 0.6 is 0 Å². The van der Waals surface area contributed by atoms with Gasteiger partial charge in [-0.3, -0.25) is 0 Å². The second-order valence-electron chi connectivity index (χ2n) is 8.04. The number of nitrogens with two attached hydrogens (primary N) is 1. The molecule has 37 heavy (non-hydrogen) atoms. The van der Waals surface area contributed by atoms with Gasteiger partial charge in [0.1, 0.15) is 28.9 Å². The van der Waals surface area contributed by atoms with Crippen molar-refractivity contribution in [1.82, 2.24) is 0 Å². The Morgan fingerprint density at radius 2 is 1.57 bits per heavy atom. The molecule has 0 saturated heterocycles. The highest BCUT2D eigenvalue weighted by Crippen LogP contribution is 2.45. The maximum Gasteiger partial charge on any atom is 0.343 e. The van der Waals surface area contributed by atoms with Gasteiger partial charge in [0, 0.05) is 11.6 Å². The summed E-state index contributed by atoms with van der Waals surface area (Å²) in [5.41, 5.74) is 8.30. The van der Waals surface area contributed by atoms with E-state index in [0.717, 1.165) is 5.56 Å². The van der Waals surface area contributed by atoms with Crippen LogP contribution in [-0.4, -0.2) is 25.8 Å². The van der Waals surface area contributed by atoms with Crippen LogP contribution in [0.2, 0.25) is 0 Å². The van der Waals surface area contributed by atoms with Gasteiger partial charge in [0.05, 0.1) is 31.3 Å². The molecular formula is C29H28N2O6. The standard InChI is InChI=1S/C29H28N2O6/c1-4-33-20-10-7-18(8-11-20)29(32)36-21-12-13-22-25(16-21)37-28(31)23(17-30)27(22)19-9-14-24(34-5-2)26(15-19)35-6-3/h7-16,27H,4-6,31H2,1-3H3. The zero-order valence-corrected chi connectivity index (χ0v) is 20.9. The third-order valence-electron chi connectivity index (χ3n) is 5.70. The Morgan fingerprint density at radius 1 is 0.892 bits per heavy atom. The molecule has 0 spiro atoms. The monoisotopic (exact) mass is 500 g/mol. The number of nitriles is 1. The molecule has 0 bridgehead atoms. The summed E-state index contributed by atoms with van der Waals surface area (Å²) >= 11 is 0. The normalized spacial score (nSPS) is 14.2. The van der Waals surface area contributed by atoms with Gasteiger partial charge in [-0.05, 0) is 68.8 Å². The van der Waals surface area contributed by atoms with Gasteiger partial charge in [0.2, 0.25) is 5.88 Å². The molecule has 1 unspecified atom stereocenters. The first-order valence-corrected chi connectivity index (χ1v) is 12.0. The minimum atomic E-state index is -0.524. The predicted octanol–water partition coefficient (Wildman–Crippen LogP) is 5.32. The average molecular weight is 501 g/mol. The van der Waals surface area contributed by atoms with Gasteiger partial charge in [-0.1, -0.05) is 12.1 Å². The molecule has 0 amide bonds. The topological polar surface area (TPSA) is 113 Å². The van der Waals surface area contributed by atoms with Crippen molar-refractivity contribution >= 4 is 5.97 Å². The van der Waals surface area contributed by atoms with Crippen LogP contribution in [-0.2, 0) is 0 Å². The van der Waals surface area contributed by atoms with Crippen molar-refractivity contribution in [3.05, 3.63) is 88.8 Å². The molecule has 0 saturated carbocycles. The molecule has 1 heterocycles. The van der Waals surface area contributed by atoms with Crippen LogP contribution in [0.3, 0.4) is 0 Å². The van der Waals surface area contributed by atoms with E-state index in [2.05, 4.69) is 6.07 Å². The van der Waals surface area contributed by atoms with Crippen LogP contribution in [0.1, 0.15) is 48.2 Å². The van der Waals surface area contributed by atoms with E-state index in [0.29, 0.717) is 53.9 Å². The molecule has 0 fully saturated rings. The first-order chi connectivity index (χ1) is 18.0. The van der Waals surface area contributed by atoms with Crippen molar-refractivity contribution in [2.75, 3.05) is 19.8 Å². The van der Waals surface area contributed by atoms with Gasteiger partial charge in [0.25, 0.3) is 0 Å². The number of nitrogens with zero attached hydrogens (tertiary/aromatic N) is 1. The smallest absolute Gasteiger partial charge is 0.343 e. The van der Waals surface area contributed by atoms with Crippen LogP contribution in [0.25, 0.3) is 0 Å². The van der Waals surface area contributed by atoms with Gasteiger partial charge in [-0.15, -0.1) is 0 Å². The number of hydrogen-bond donors (Lipinski definition) is 1. The van der Waals surface area contributed by atoms with Crippen molar-refractivity contribution in [3.63, 3.8) is 0 Å².